The molecule has 0 bridgehead atoms. The second kappa shape index (κ2) is 7.74. The van der Waals surface area contributed by atoms with Crippen molar-refractivity contribution in [2.45, 2.75) is 18.6 Å². The van der Waals surface area contributed by atoms with Crippen molar-refractivity contribution in [1.82, 2.24) is 4.90 Å². The Morgan fingerprint density at radius 2 is 2.00 bits per heavy atom. The lowest BCUT2D eigenvalue weighted by atomic mass is 9.98. The minimum atomic E-state index is -3.32. The molecular formula is C13H14BrF4NO2. The zero-order valence-electron chi connectivity index (χ0n) is 11.3. The zero-order chi connectivity index (χ0) is 16.2. The summed E-state index contributed by atoms with van der Waals surface area (Å²) in [6.07, 6.45) is -6.04. The van der Waals surface area contributed by atoms with E-state index in [0.717, 1.165) is 13.1 Å². The molecule has 1 amide bonds. The van der Waals surface area contributed by atoms with Crippen LogP contribution >= 0.6 is 15.9 Å². The number of rotatable bonds is 6. The topological polar surface area (TPSA) is 29.5 Å². The second-order valence-corrected chi connectivity index (χ2v) is 5.19. The SMILES string of the molecule is COCC(C(=O)N(C)C(F)C(F)F)c1ccc(Br)c(F)c1. The van der Waals surface area contributed by atoms with E-state index in [1.807, 2.05) is 0 Å². The first kappa shape index (κ1) is 17.9. The van der Waals surface area contributed by atoms with Crippen LogP contribution in [0.15, 0.2) is 22.7 Å². The fourth-order valence-electron chi connectivity index (χ4n) is 1.74. The standard InChI is InChI=1S/C13H14BrF4NO2/c1-19(12(18)11(16)17)13(20)8(6-21-2)7-3-4-9(14)10(15)5-7/h3-5,8,11-12H,6H2,1-2H3. The van der Waals surface area contributed by atoms with Gasteiger partial charge in [0.15, 0.2) is 0 Å². The van der Waals surface area contributed by atoms with Gasteiger partial charge >= 0.3 is 0 Å². The van der Waals surface area contributed by atoms with Gasteiger partial charge in [-0.25, -0.2) is 17.6 Å². The van der Waals surface area contributed by atoms with Crippen LogP contribution in [-0.4, -0.2) is 44.3 Å². The van der Waals surface area contributed by atoms with Crippen molar-refractivity contribution >= 4 is 21.8 Å². The number of nitrogens with zero attached hydrogens (tertiary/aromatic N) is 1. The molecule has 0 heterocycles. The fraction of sp³-hybridized carbons (Fsp3) is 0.462. The Kier molecular flexibility index (Phi) is 6.60. The van der Waals surface area contributed by atoms with Crippen molar-refractivity contribution in [3.63, 3.8) is 0 Å². The van der Waals surface area contributed by atoms with Crippen LogP contribution < -0.4 is 0 Å². The first-order valence-corrected chi connectivity index (χ1v) is 6.71. The molecule has 0 fully saturated rings. The number of benzene rings is 1. The third kappa shape index (κ3) is 4.41. The molecule has 0 aliphatic rings. The smallest absolute Gasteiger partial charge is 0.287 e. The Labute approximate surface area is 128 Å². The molecule has 1 rings (SSSR count). The molecule has 0 aromatic heterocycles. The molecule has 2 unspecified atom stereocenters. The minimum Gasteiger partial charge on any atom is -0.384 e. The monoisotopic (exact) mass is 371 g/mol. The van der Waals surface area contributed by atoms with Crippen LogP contribution in [0.4, 0.5) is 17.6 Å². The van der Waals surface area contributed by atoms with E-state index in [0.29, 0.717) is 4.90 Å². The van der Waals surface area contributed by atoms with Crippen molar-refractivity contribution in [3.05, 3.63) is 34.1 Å². The predicted molar refractivity (Wildman–Crippen MR) is 72.4 cm³/mol. The number of halogens is 5. The largest absolute Gasteiger partial charge is 0.384 e. The minimum absolute atomic E-state index is 0.180. The lowest BCUT2D eigenvalue weighted by Crippen LogP contribution is -2.42. The van der Waals surface area contributed by atoms with Gasteiger partial charge in [0, 0.05) is 14.2 Å². The average molecular weight is 372 g/mol. The normalized spacial score (nSPS) is 14.1. The second-order valence-electron chi connectivity index (χ2n) is 4.34. The summed E-state index contributed by atoms with van der Waals surface area (Å²) in [5.74, 6) is -2.60. The number of hydrogen-bond donors (Lipinski definition) is 0. The van der Waals surface area contributed by atoms with Gasteiger partial charge in [-0.05, 0) is 33.6 Å². The van der Waals surface area contributed by atoms with Gasteiger partial charge < -0.3 is 9.64 Å². The Balaban J connectivity index is 3.05. The number of carbonyl (C=O) groups excluding carboxylic acids is 1. The number of hydrogen-bond acceptors (Lipinski definition) is 2. The molecule has 0 radical (unpaired) electrons. The number of methoxy groups -OCH3 is 1. The van der Waals surface area contributed by atoms with Gasteiger partial charge in [0.25, 0.3) is 6.43 Å². The van der Waals surface area contributed by atoms with Crippen LogP contribution in [0, 0.1) is 5.82 Å². The molecular weight excluding hydrogens is 358 g/mol. The van der Waals surface area contributed by atoms with Gasteiger partial charge in [-0.2, -0.15) is 0 Å². The van der Waals surface area contributed by atoms with E-state index in [9.17, 15) is 22.4 Å². The summed E-state index contributed by atoms with van der Waals surface area (Å²) in [4.78, 5) is 12.4. The van der Waals surface area contributed by atoms with Crippen LogP contribution in [0.2, 0.25) is 0 Å². The quantitative estimate of drug-likeness (QED) is 0.566. The van der Waals surface area contributed by atoms with Gasteiger partial charge in [-0.1, -0.05) is 6.07 Å². The molecule has 8 heteroatoms. The predicted octanol–water partition coefficient (Wildman–Crippen LogP) is 3.34. The van der Waals surface area contributed by atoms with Crippen LogP contribution in [0.1, 0.15) is 11.5 Å². The Bertz CT molecular complexity index is 501. The molecule has 3 nitrogen and oxygen atoms in total. The highest BCUT2D eigenvalue weighted by atomic mass is 79.9. The van der Waals surface area contributed by atoms with Crippen molar-refractivity contribution in [2.24, 2.45) is 0 Å². The number of ether oxygens (including phenoxy) is 1. The van der Waals surface area contributed by atoms with E-state index in [2.05, 4.69) is 15.9 Å². The number of amides is 1. The molecule has 0 aliphatic heterocycles. The van der Waals surface area contributed by atoms with E-state index in [-0.39, 0.29) is 16.6 Å². The third-order valence-corrected chi connectivity index (χ3v) is 3.55. The zero-order valence-corrected chi connectivity index (χ0v) is 12.9. The third-order valence-electron chi connectivity index (χ3n) is 2.90. The van der Waals surface area contributed by atoms with Gasteiger partial charge in [0.1, 0.15) is 5.82 Å². The first-order valence-electron chi connectivity index (χ1n) is 5.92. The summed E-state index contributed by atoms with van der Waals surface area (Å²) in [6, 6.07) is 3.90. The van der Waals surface area contributed by atoms with Crippen LogP contribution in [0.25, 0.3) is 0 Å². The molecule has 0 saturated carbocycles. The number of likely N-dealkylation sites (N-methyl/N-ethyl adjacent to an activating group) is 1. The summed E-state index contributed by atoms with van der Waals surface area (Å²) in [5.41, 5.74) is 0.218. The summed E-state index contributed by atoms with van der Waals surface area (Å²) in [6.45, 7) is -0.180. The maximum absolute atomic E-state index is 13.5. The molecule has 0 aliphatic carbocycles. The van der Waals surface area contributed by atoms with E-state index in [4.69, 9.17) is 4.74 Å². The van der Waals surface area contributed by atoms with Crippen molar-refractivity contribution in [3.8, 4) is 0 Å². The maximum atomic E-state index is 13.5. The van der Waals surface area contributed by atoms with Crippen molar-refractivity contribution in [1.29, 1.82) is 0 Å². The number of carbonyl (C=O) groups is 1. The summed E-state index contributed by atoms with van der Waals surface area (Å²) < 4.78 is 56.5. The summed E-state index contributed by atoms with van der Waals surface area (Å²) in [7, 11) is 2.23. The molecule has 118 valence electrons. The highest BCUT2D eigenvalue weighted by Crippen LogP contribution is 2.25. The van der Waals surface area contributed by atoms with Crippen LogP contribution in [0.3, 0.4) is 0 Å². The molecule has 1 aromatic carbocycles. The molecule has 0 saturated heterocycles. The highest BCUT2D eigenvalue weighted by molar-refractivity contribution is 9.10. The van der Waals surface area contributed by atoms with Crippen LogP contribution in [-0.2, 0) is 9.53 Å². The van der Waals surface area contributed by atoms with Gasteiger partial charge in [-0.3, -0.25) is 4.79 Å². The Hall–Kier alpha value is -1.15. The lowest BCUT2D eigenvalue weighted by molar-refractivity contribution is -0.144. The van der Waals surface area contributed by atoms with Crippen molar-refractivity contribution < 1.29 is 27.1 Å². The lowest BCUT2D eigenvalue weighted by Gasteiger charge is -2.26. The maximum Gasteiger partial charge on any atom is 0.287 e. The van der Waals surface area contributed by atoms with E-state index in [1.54, 1.807) is 0 Å². The van der Waals surface area contributed by atoms with Gasteiger partial charge in [0.2, 0.25) is 12.2 Å². The molecule has 2 atom stereocenters. The fourth-order valence-corrected chi connectivity index (χ4v) is 1.99. The van der Waals surface area contributed by atoms with Gasteiger partial charge in [0.05, 0.1) is 17.0 Å². The van der Waals surface area contributed by atoms with Crippen molar-refractivity contribution in [2.75, 3.05) is 20.8 Å². The summed E-state index contributed by atoms with van der Waals surface area (Å²) in [5, 5.41) is 0. The molecule has 0 spiro atoms. The first-order chi connectivity index (χ1) is 9.79. The molecule has 1 aromatic rings. The Morgan fingerprint density at radius 3 is 2.48 bits per heavy atom. The highest BCUT2D eigenvalue weighted by Gasteiger charge is 2.33. The van der Waals surface area contributed by atoms with Gasteiger partial charge in [-0.15, -0.1) is 0 Å². The van der Waals surface area contributed by atoms with E-state index >= 15 is 0 Å². The van der Waals surface area contributed by atoms with E-state index < -0.39 is 30.4 Å². The van der Waals surface area contributed by atoms with E-state index in [1.165, 1.54) is 19.2 Å². The average Bonchev–Trinajstić information content (AvgIpc) is 2.45. The molecule has 0 N–H and O–H groups in total. The molecule has 21 heavy (non-hydrogen) atoms. The Morgan fingerprint density at radius 1 is 1.38 bits per heavy atom. The number of alkyl halides is 3. The summed E-state index contributed by atoms with van der Waals surface area (Å²) >= 11 is 2.96. The van der Waals surface area contributed by atoms with Crippen LogP contribution in [0.5, 0.6) is 0 Å².